The first-order valence-electron chi connectivity index (χ1n) is 8.07. The normalized spacial score (nSPS) is 10.7. The van der Waals surface area contributed by atoms with Crippen molar-refractivity contribution in [3.63, 3.8) is 0 Å². The van der Waals surface area contributed by atoms with Crippen LogP contribution in [0, 0.1) is 0 Å². The predicted octanol–water partition coefficient (Wildman–Crippen LogP) is 1.83. The third-order valence-electron chi connectivity index (χ3n) is 3.45. The molecule has 9 heteroatoms. The highest BCUT2D eigenvalue weighted by atomic mass is 32.2. The Labute approximate surface area is 158 Å². The average Bonchev–Trinajstić information content (AvgIpc) is 2.62. The summed E-state index contributed by atoms with van der Waals surface area (Å²) in [5, 5.41) is 5.34. The Balaban J connectivity index is 1.89. The number of amides is 2. The molecule has 0 fully saturated rings. The predicted molar refractivity (Wildman–Crippen MR) is 103 cm³/mol. The van der Waals surface area contributed by atoms with Crippen LogP contribution in [0.2, 0.25) is 0 Å². The van der Waals surface area contributed by atoms with Gasteiger partial charge in [-0.25, -0.2) is 8.42 Å². The fraction of sp³-hybridized carbons (Fsp3) is 0.222. The summed E-state index contributed by atoms with van der Waals surface area (Å²) in [5.41, 5.74) is 1.25. The lowest BCUT2D eigenvalue weighted by molar-refractivity contribution is -0.116. The summed E-state index contributed by atoms with van der Waals surface area (Å²) in [5.74, 6) is -0.272. The maximum atomic E-state index is 12.0. The van der Waals surface area contributed by atoms with Crippen molar-refractivity contribution >= 4 is 33.2 Å². The molecule has 2 amide bonds. The van der Waals surface area contributed by atoms with Gasteiger partial charge in [0.2, 0.25) is 15.9 Å². The van der Waals surface area contributed by atoms with Gasteiger partial charge in [0.25, 0.3) is 5.91 Å². The summed E-state index contributed by atoms with van der Waals surface area (Å²) < 4.78 is 30.1. The van der Waals surface area contributed by atoms with Crippen molar-refractivity contribution in [2.24, 2.45) is 0 Å². The van der Waals surface area contributed by atoms with E-state index in [1.54, 1.807) is 30.3 Å². The zero-order valence-electron chi connectivity index (χ0n) is 15.0. The third-order valence-corrected chi connectivity index (χ3v) is 4.04. The van der Waals surface area contributed by atoms with Crippen LogP contribution >= 0.6 is 0 Å². The molecular formula is C18H21N3O5S. The zero-order valence-corrected chi connectivity index (χ0v) is 15.8. The Bertz CT molecular complexity index is 914. The van der Waals surface area contributed by atoms with Gasteiger partial charge < -0.3 is 15.4 Å². The summed E-state index contributed by atoms with van der Waals surface area (Å²) in [7, 11) is -2.05. The molecule has 0 heterocycles. The number of hydrogen-bond donors (Lipinski definition) is 3. The molecule has 27 heavy (non-hydrogen) atoms. The fourth-order valence-corrected chi connectivity index (χ4v) is 2.83. The molecule has 0 aliphatic carbocycles. The van der Waals surface area contributed by atoms with Crippen LogP contribution in [0.1, 0.15) is 16.8 Å². The highest BCUT2D eigenvalue weighted by Crippen LogP contribution is 2.28. The van der Waals surface area contributed by atoms with Crippen LogP contribution in [-0.4, -0.2) is 40.1 Å². The molecule has 3 N–H and O–H groups in total. The number of rotatable bonds is 8. The van der Waals surface area contributed by atoms with E-state index in [0.29, 0.717) is 11.3 Å². The van der Waals surface area contributed by atoms with E-state index < -0.39 is 10.0 Å². The SMILES string of the molecule is COc1cc(NC(=O)CCNC(=O)c2ccccc2)ccc1NS(C)(=O)=O. The van der Waals surface area contributed by atoms with Crippen molar-refractivity contribution in [3.05, 3.63) is 54.1 Å². The van der Waals surface area contributed by atoms with Crippen molar-refractivity contribution < 1.29 is 22.7 Å². The van der Waals surface area contributed by atoms with Crippen molar-refractivity contribution in [1.82, 2.24) is 5.32 Å². The van der Waals surface area contributed by atoms with E-state index in [-0.39, 0.29) is 36.2 Å². The molecule has 0 bridgehead atoms. The van der Waals surface area contributed by atoms with Crippen molar-refractivity contribution in [2.75, 3.05) is 29.9 Å². The van der Waals surface area contributed by atoms with Crippen LogP contribution < -0.4 is 20.1 Å². The molecule has 2 aromatic rings. The average molecular weight is 391 g/mol. The quantitative estimate of drug-likeness (QED) is 0.635. The Kier molecular flexibility index (Phi) is 6.78. The van der Waals surface area contributed by atoms with Crippen LogP contribution in [0.25, 0.3) is 0 Å². The van der Waals surface area contributed by atoms with Gasteiger partial charge in [0, 0.05) is 30.3 Å². The number of methoxy groups -OCH3 is 1. The van der Waals surface area contributed by atoms with Crippen LogP contribution in [-0.2, 0) is 14.8 Å². The maximum Gasteiger partial charge on any atom is 0.251 e. The van der Waals surface area contributed by atoms with Gasteiger partial charge in [0.15, 0.2) is 0 Å². The largest absolute Gasteiger partial charge is 0.494 e. The second kappa shape index (κ2) is 9.04. The Morgan fingerprint density at radius 1 is 1.07 bits per heavy atom. The minimum atomic E-state index is -3.45. The van der Waals surface area contributed by atoms with Crippen LogP contribution in [0.4, 0.5) is 11.4 Å². The molecule has 2 aromatic carbocycles. The Morgan fingerprint density at radius 3 is 2.41 bits per heavy atom. The molecule has 8 nitrogen and oxygen atoms in total. The van der Waals surface area contributed by atoms with E-state index in [2.05, 4.69) is 15.4 Å². The van der Waals surface area contributed by atoms with Crippen LogP contribution in [0.15, 0.2) is 48.5 Å². The number of anilines is 2. The van der Waals surface area contributed by atoms with E-state index in [1.165, 1.54) is 19.2 Å². The summed E-state index contributed by atoms with van der Waals surface area (Å²) >= 11 is 0. The first kappa shape index (κ1) is 20.2. The molecule has 144 valence electrons. The highest BCUT2D eigenvalue weighted by Gasteiger charge is 2.11. The fourth-order valence-electron chi connectivity index (χ4n) is 2.26. The van der Waals surface area contributed by atoms with Gasteiger partial charge in [-0.2, -0.15) is 0 Å². The first-order chi connectivity index (χ1) is 12.8. The number of carbonyl (C=O) groups is 2. The highest BCUT2D eigenvalue weighted by molar-refractivity contribution is 7.92. The van der Waals surface area contributed by atoms with E-state index in [0.717, 1.165) is 6.26 Å². The molecule has 2 rings (SSSR count). The minimum absolute atomic E-state index is 0.0875. The zero-order chi connectivity index (χ0) is 19.9. The van der Waals surface area contributed by atoms with Crippen molar-refractivity contribution in [1.29, 1.82) is 0 Å². The number of hydrogen-bond acceptors (Lipinski definition) is 5. The summed E-state index contributed by atoms with van der Waals surface area (Å²) in [6.07, 6.45) is 1.12. The molecule has 0 spiro atoms. The molecular weight excluding hydrogens is 370 g/mol. The van der Waals surface area contributed by atoms with Gasteiger partial charge in [-0.05, 0) is 24.3 Å². The van der Waals surface area contributed by atoms with Gasteiger partial charge >= 0.3 is 0 Å². The number of carbonyl (C=O) groups excluding carboxylic acids is 2. The molecule has 0 saturated carbocycles. The number of benzene rings is 2. The Morgan fingerprint density at radius 2 is 1.78 bits per heavy atom. The van der Waals surface area contributed by atoms with Gasteiger partial charge in [0.05, 0.1) is 19.1 Å². The molecule has 0 unspecified atom stereocenters. The Hall–Kier alpha value is -3.07. The van der Waals surface area contributed by atoms with E-state index in [4.69, 9.17) is 4.74 Å². The van der Waals surface area contributed by atoms with Crippen LogP contribution in [0.5, 0.6) is 5.75 Å². The number of nitrogens with one attached hydrogen (secondary N) is 3. The van der Waals surface area contributed by atoms with Gasteiger partial charge in [-0.15, -0.1) is 0 Å². The lowest BCUT2D eigenvalue weighted by atomic mass is 10.2. The van der Waals surface area contributed by atoms with Gasteiger partial charge in [-0.1, -0.05) is 18.2 Å². The standard InChI is InChI=1S/C18H21N3O5S/c1-26-16-12-14(8-9-15(16)21-27(2,24)25)20-17(22)10-11-19-18(23)13-6-4-3-5-7-13/h3-9,12,21H,10-11H2,1-2H3,(H,19,23)(H,20,22). The topological polar surface area (TPSA) is 114 Å². The van der Waals surface area contributed by atoms with Crippen LogP contribution in [0.3, 0.4) is 0 Å². The van der Waals surface area contributed by atoms with E-state index in [9.17, 15) is 18.0 Å². The maximum absolute atomic E-state index is 12.0. The van der Waals surface area contributed by atoms with Crippen molar-refractivity contribution in [2.45, 2.75) is 6.42 Å². The first-order valence-corrected chi connectivity index (χ1v) is 9.96. The summed E-state index contributed by atoms with van der Waals surface area (Å²) in [6.45, 7) is 0.185. The third kappa shape index (κ3) is 6.63. The molecule has 0 atom stereocenters. The second-order valence-electron chi connectivity index (χ2n) is 5.71. The monoisotopic (exact) mass is 391 g/mol. The number of ether oxygens (including phenoxy) is 1. The van der Waals surface area contributed by atoms with Gasteiger partial charge in [-0.3, -0.25) is 14.3 Å². The van der Waals surface area contributed by atoms with E-state index in [1.807, 2.05) is 6.07 Å². The molecule has 0 saturated heterocycles. The molecule has 0 aromatic heterocycles. The smallest absolute Gasteiger partial charge is 0.251 e. The lowest BCUT2D eigenvalue weighted by Gasteiger charge is -2.12. The molecule has 0 aliphatic heterocycles. The summed E-state index contributed by atoms with van der Waals surface area (Å²) in [6, 6.07) is 13.3. The molecule has 0 aliphatic rings. The summed E-state index contributed by atoms with van der Waals surface area (Å²) in [4.78, 5) is 23.9. The minimum Gasteiger partial charge on any atom is -0.494 e. The van der Waals surface area contributed by atoms with Crippen molar-refractivity contribution in [3.8, 4) is 5.75 Å². The van der Waals surface area contributed by atoms with E-state index >= 15 is 0 Å². The van der Waals surface area contributed by atoms with Gasteiger partial charge in [0.1, 0.15) is 5.75 Å². The second-order valence-corrected chi connectivity index (χ2v) is 7.46. The lowest BCUT2D eigenvalue weighted by Crippen LogP contribution is -2.27. The number of sulfonamides is 1. The molecule has 0 radical (unpaired) electrons.